The summed E-state index contributed by atoms with van der Waals surface area (Å²) in [5, 5.41) is 4.32. The van der Waals surface area contributed by atoms with Crippen molar-refractivity contribution in [3.8, 4) is 5.69 Å². The van der Waals surface area contributed by atoms with Crippen molar-refractivity contribution >= 4 is 16.9 Å². The van der Waals surface area contributed by atoms with Crippen LogP contribution < -0.4 is 0 Å². The third-order valence-corrected chi connectivity index (χ3v) is 4.81. The van der Waals surface area contributed by atoms with Crippen LogP contribution in [0.25, 0.3) is 16.7 Å². The summed E-state index contributed by atoms with van der Waals surface area (Å²) in [5.74, 6) is 0.812. The van der Waals surface area contributed by atoms with E-state index in [1.807, 2.05) is 24.3 Å². The molecule has 2 heterocycles. The number of para-hydroxylation sites is 2. The van der Waals surface area contributed by atoms with Crippen molar-refractivity contribution < 1.29 is 9.18 Å². The van der Waals surface area contributed by atoms with Gasteiger partial charge in [0.25, 0.3) is 5.91 Å². The second-order valence-electron chi connectivity index (χ2n) is 6.79. The molecule has 0 fully saturated rings. The highest BCUT2D eigenvalue weighted by atomic mass is 19.1. The van der Waals surface area contributed by atoms with Crippen LogP contribution in [0.5, 0.6) is 0 Å². The van der Waals surface area contributed by atoms with Crippen molar-refractivity contribution in [1.29, 1.82) is 0 Å². The van der Waals surface area contributed by atoms with Crippen LogP contribution in [0.4, 0.5) is 4.39 Å². The van der Waals surface area contributed by atoms with Crippen molar-refractivity contribution in [2.45, 2.75) is 26.9 Å². The zero-order valence-corrected chi connectivity index (χ0v) is 16.5. The van der Waals surface area contributed by atoms with E-state index in [1.165, 1.54) is 16.8 Å². The first kappa shape index (κ1) is 18.8. The molecule has 4 rings (SSSR count). The van der Waals surface area contributed by atoms with Gasteiger partial charge in [-0.05, 0) is 50.2 Å². The number of carbonyl (C=O) groups is 1. The number of fused-ring (bicyclic) bond motifs is 1. The summed E-state index contributed by atoms with van der Waals surface area (Å²) < 4.78 is 16.8. The van der Waals surface area contributed by atoms with Crippen LogP contribution in [0, 0.1) is 12.7 Å². The molecule has 0 aliphatic rings. The smallest absolute Gasteiger partial charge is 0.293 e. The van der Waals surface area contributed by atoms with E-state index in [0.717, 1.165) is 23.4 Å². The Morgan fingerprint density at radius 2 is 1.83 bits per heavy atom. The predicted molar refractivity (Wildman–Crippen MR) is 107 cm³/mol. The SMILES string of the molecule is CCn1c(CN(C)C(=O)c2nc(C)n(-c3ccc(F)cc3)n2)nc2ccccc21. The third-order valence-electron chi connectivity index (χ3n) is 4.81. The molecule has 2 aromatic carbocycles. The van der Waals surface area contributed by atoms with Gasteiger partial charge in [0.1, 0.15) is 17.5 Å². The number of aromatic nitrogens is 5. The van der Waals surface area contributed by atoms with E-state index in [4.69, 9.17) is 0 Å². The van der Waals surface area contributed by atoms with E-state index in [0.29, 0.717) is 18.1 Å². The molecule has 1 amide bonds. The minimum Gasteiger partial charge on any atom is -0.331 e. The zero-order valence-electron chi connectivity index (χ0n) is 16.5. The number of imidazole rings is 1. The lowest BCUT2D eigenvalue weighted by molar-refractivity contribution is 0.0768. The van der Waals surface area contributed by atoms with Crippen LogP contribution in [-0.4, -0.2) is 42.2 Å². The molecule has 0 bridgehead atoms. The van der Waals surface area contributed by atoms with Gasteiger partial charge in [-0.25, -0.2) is 19.0 Å². The van der Waals surface area contributed by atoms with Gasteiger partial charge in [-0.3, -0.25) is 4.79 Å². The van der Waals surface area contributed by atoms with E-state index in [-0.39, 0.29) is 17.5 Å². The minimum absolute atomic E-state index is 0.0912. The highest BCUT2D eigenvalue weighted by Gasteiger charge is 2.21. The Balaban J connectivity index is 1.59. The standard InChI is InChI=1S/C21H21FN6O/c1-4-27-18-8-6-5-7-17(18)24-19(27)13-26(3)21(29)20-23-14(2)28(25-20)16-11-9-15(22)10-12-16/h5-12H,4,13H2,1-3H3. The maximum Gasteiger partial charge on any atom is 0.293 e. The fraction of sp³-hybridized carbons (Fsp3) is 0.238. The molecule has 7 nitrogen and oxygen atoms in total. The van der Waals surface area contributed by atoms with Crippen molar-refractivity contribution in [2.75, 3.05) is 7.05 Å². The zero-order chi connectivity index (χ0) is 20.5. The summed E-state index contributed by atoms with van der Waals surface area (Å²) in [6, 6.07) is 13.8. The first-order chi connectivity index (χ1) is 14.0. The van der Waals surface area contributed by atoms with Crippen LogP contribution in [0.1, 0.15) is 29.2 Å². The summed E-state index contributed by atoms with van der Waals surface area (Å²) in [4.78, 5) is 23.4. The first-order valence-corrected chi connectivity index (χ1v) is 9.37. The lowest BCUT2D eigenvalue weighted by atomic mass is 10.3. The molecule has 8 heteroatoms. The van der Waals surface area contributed by atoms with Gasteiger partial charge in [-0.2, -0.15) is 0 Å². The van der Waals surface area contributed by atoms with Crippen LogP contribution in [-0.2, 0) is 13.1 Å². The molecule has 0 aliphatic carbocycles. The monoisotopic (exact) mass is 392 g/mol. The van der Waals surface area contributed by atoms with E-state index in [9.17, 15) is 9.18 Å². The van der Waals surface area contributed by atoms with Crippen molar-refractivity contribution in [1.82, 2.24) is 29.2 Å². The van der Waals surface area contributed by atoms with Crippen LogP contribution in [0.2, 0.25) is 0 Å². The maximum atomic E-state index is 13.2. The van der Waals surface area contributed by atoms with Crippen LogP contribution in [0.3, 0.4) is 0 Å². The summed E-state index contributed by atoms with van der Waals surface area (Å²) in [6.07, 6.45) is 0. The van der Waals surface area contributed by atoms with E-state index < -0.39 is 0 Å². The highest BCUT2D eigenvalue weighted by molar-refractivity contribution is 5.90. The quantitative estimate of drug-likeness (QED) is 0.522. The Labute approximate surface area is 167 Å². The highest BCUT2D eigenvalue weighted by Crippen LogP contribution is 2.18. The topological polar surface area (TPSA) is 68.8 Å². The molecule has 2 aromatic heterocycles. The maximum absolute atomic E-state index is 13.2. The lowest BCUT2D eigenvalue weighted by Crippen LogP contribution is -2.28. The van der Waals surface area contributed by atoms with Gasteiger partial charge in [0, 0.05) is 13.6 Å². The van der Waals surface area contributed by atoms with Gasteiger partial charge < -0.3 is 9.47 Å². The van der Waals surface area contributed by atoms with Gasteiger partial charge in [-0.1, -0.05) is 12.1 Å². The molecular weight excluding hydrogens is 371 g/mol. The lowest BCUT2D eigenvalue weighted by Gasteiger charge is -2.15. The van der Waals surface area contributed by atoms with Gasteiger partial charge in [0.15, 0.2) is 0 Å². The predicted octanol–water partition coefficient (Wildman–Crippen LogP) is 3.36. The van der Waals surface area contributed by atoms with Gasteiger partial charge >= 0.3 is 0 Å². The van der Waals surface area contributed by atoms with E-state index in [1.54, 1.807) is 31.0 Å². The summed E-state index contributed by atoms with van der Waals surface area (Å²) in [7, 11) is 1.70. The van der Waals surface area contributed by atoms with Gasteiger partial charge in [0.05, 0.1) is 23.3 Å². The van der Waals surface area contributed by atoms with Gasteiger partial charge in [-0.15, -0.1) is 5.10 Å². The normalized spacial score (nSPS) is 11.2. The summed E-state index contributed by atoms with van der Waals surface area (Å²) in [6.45, 7) is 4.90. The Bertz CT molecular complexity index is 1180. The number of rotatable bonds is 5. The third kappa shape index (κ3) is 3.49. The van der Waals surface area contributed by atoms with Gasteiger partial charge in [0.2, 0.25) is 5.82 Å². The fourth-order valence-electron chi connectivity index (χ4n) is 3.36. The molecule has 0 aliphatic heterocycles. The molecule has 0 N–H and O–H groups in total. The first-order valence-electron chi connectivity index (χ1n) is 9.37. The Hall–Kier alpha value is -3.55. The summed E-state index contributed by atoms with van der Waals surface area (Å²) in [5.41, 5.74) is 2.59. The molecule has 29 heavy (non-hydrogen) atoms. The number of hydrogen-bond acceptors (Lipinski definition) is 4. The molecule has 0 spiro atoms. The number of nitrogens with zero attached hydrogens (tertiary/aromatic N) is 6. The number of carbonyl (C=O) groups excluding carboxylic acids is 1. The average Bonchev–Trinajstić information content (AvgIpc) is 3.27. The molecule has 4 aromatic rings. The molecule has 148 valence electrons. The minimum atomic E-state index is -0.332. The van der Waals surface area contributed by atoms with Crippen molar-refractivity contribution in [3.05, 3.63) is 71.8 Å². The molecule has 0 atom stereocenters. The largest absolute Gasteiger partial charge is 0.331 e. The summed E-state index contributed by atoms with van der Waals surface area (Å²) >= 11 is 0. The molecule has 0 radical (unpaired) electrons. The Morgan fingerprint density at radius 1 is 1.10 bits per heavy atom. The number of amides is 1. The fourth-order valence-corrected chi connectivity index (χ4v) is 3.36. The molecule has 0 saturated carbocycles. The van der Waals surface area contributed by atoms with E-state index >= 15 is 0 Å². The number of halogens is 1. The Kier molecular flexibility index (Phi) is 4.84. The molecule has 0 saturated heterocycles. The number of aryl methyl sites for hydroxylation is 2. The number of hydrogen-bond donors (Lipinski definition) is 0. The van der Waals surface area contributed by atoms with E-state index in [2.05, 4.69) is 26.6 Å². The van der Waals surface area contributed by atoms with Crippen LogP contribution in [0.15, 0.2) is 48.5 Å². The second-order valence-corrected chi connectivity index (χ2v) is 6.79. The van der Waals surface area contributed by atoms with Crippen molar-refractivity contribution in [2.24, 2.45) is 0 Å². The van der Waals surface area contributed by atoms with Crippen LogP contribution >= 0.6 is 0 Å². The second kappa shape index (κ2) is 7.46. The molecular formula is C21H21FN6O. The Morgan fingerprint density at radius 3 is 2.55 bits per heavy atom. The number of benzene rings is 2. The van der Waals surface area contributed by atoms with Crippen molar-refractivity contribution in [3.63, 3.8) is 0 Å². The average molecular weight is 392 g/mol. The molecule has 0 unspecified atom stereocenters.